The number of fused-ring (bicyclic) bond motifs is 1. The third-order valence-corrected chi connectivity index (χ3v) is 4.36. The molecule has 0 aliphatic heterocycles. The number of carbonyl (C=O) groups excluding carboxylic acids is 1. The minimum absolute atomic E-state index is 0.0886. The first kappa shape index (κ1) is 9.59. The van der Waals surface area contributed by atoms with Gasteiger partial charge in [0, 0.05) is 15.8 Å². The van der Waals surface area contributed by atoms with Crippen molar-refractivity contribution in [1.82, 2.24) is 0 Å². The predicted octanol–water partition coefficient (Wildman–Crippen LogP) is 3.32. The molecule has 1 atom stereocenters. The average Bonchev–Trinajstić information content (AvgIpc) is 2.78. The molecule has 0 N–H and O–H groups in total. The lowest BCUT2D eigenvalue weighted by atomic mass is 9.82. The summed E-state index contributed by atoms with van der Waals surface area (Å²) in [5.74, 6) is 0.378. The molecule has 3 rings (SSSR count). The van der Waals surface area contributed by atoms with E-state index in [2.05, 4.69) is 40.2 Å². The van der Waals surface area contributed by atoms with Gasteiger partial charge in [0.1, 0.15) is 0 Å². The van der Waals surface area contributed by atoms with Crippen molar-refractivity contribution >= 4 is 21.7 Å². The van der Waals surface area contributed by atoms with Gasteiger partial charge in [0.2, 0.25) is 0 Å². The zero-order valence-corrected chi connectivity index (χ0v) is 10.1. The Kier molecular flexibility index (Phi) is 2.03. The van der Waals surface area contributed by atoms with Crippen LogP contribution in [0.25, 0.3) is 0 Å². The minimum Gasteiger partial charge on any atom is -0.294 e. The number of alkyl halides is 1. The number of Topliss-reactive ketones (excluding diaryl/α,β-unsaturated/α-hetero) is 1. The van der Waals surface area contributed by atoms with Crippen LogP contribution in [0.3, 0.4) is 0 Å². The third-order valence-electron chi connectivity index (χ3n) is 3.72. The highest BCUT2D eigenvalue weighted by Crippen LogP contribution is 2.51. The van der Waals surface area contributed by atoms with E-state index in [-0.39, 0.29) is 5.41 Å². The standard InChI is InChI=1S/C13H13BrO/c14-10-4-3-9-8-13(5-1-2-6-13)12(15)11(9)7-10/h1-3,7,10H,4-6,8H2. The molecule has 0 aromatic rings. The van der Waals surface area contributed by atoms with Crippen molar-refractivity contribution in [2.75, 3.05) is 0 Å². The fourth-order valence-corrected chi connectivity index (χ4v) is 3.32. The summed E-state index contributed by atoms with van der Waals surface area (Å²) in [6, 6.07) is 0. The predicted molar refractivity (Wildman–Crippen MR) is 63.9 cm³/mol. The van der Waals surface area contributed by atoms with Crippen molar-refractivity contribution in [3.63, 3.8) is 0 Å². The molecule has 3 aliphatic rings. The lowest BCUT2D eigenvalue weighted by molar-refractivity contribution is -0.122. The topological polar surface area (TPSA) is 17.1 Å². The van der Waals surface area contributed by atoms with Gasteiger partial charge in [-0.2, -0.15) is 0 Å². The highest BCUT2D eigenvalue weighted by molar-refractivity contribution is 9.09. The molecule has 78 valence electrons. The van der Waals surface area contributed by atoms with Gasteiger partial charge >= 0.3 is 0 Å². The number of hydrogen-bond donors (Lipinski definition) is 0. The molecule has 0 bridgehead atoms. The molecule has 1 nitrogen and oxygen atoms in total. The van der Waals surface area contributed by atoms with Gasteiger partial charge in [-0.1, -0.05) is 40.2 Å². The first-order chi connectivity index (χ1) is 7.21. The van der Waals surface area contributed by atoms with E-state index in [1.54, 1.807) is 0 Å². The van der Waals surface area contributed by atoms with Crippen LogP contribution in [0.2, 0.25) is 0 Å². The Morgan fingerprint density at radius 3 is 2.80 bits per heavy atom. The Morgan fingerprint density at radius 2 is 2.07 bits per heavy atom. The van der Waals surface area contributed by atoms with Gasteiger partial charge in [0.25, 0.3) is 0 Å². The molecule has 1 saturated carbocycles. The lowest BCUT2D eigenvalue weighted by Crippen LogP contribution is -2.22. The maximum absolute atomic E-state index is 12.3. The normalized spacial score (nSPS) is 31.8. The summed E-state index contributed by atoms with van der Waals surface area (Å²) in [6.45, 7) is 0. The Morgan fingerprint density at radius 1 is 1.33 bits per heavy atom. The van der Waals surface area contributed by atoms with Crippen LogP contribution in [0.1, 0.15) is 25.7 Å². The minimum atomic E-state index is -0.0886. The zero-order chi connectivity index (χ0) is 10.5. The monoisotopic (exact) mass is 264 g/mol. The fraction of sp³-hybridized carbons (Fsp3) is 0.462. The van der Waals surface area contributed by atoms with Gasteiger partial charge in [0.05, 0.1) is 0 Å². The maximum Gasteiger partial charge on any atom is 0.169 e. The van der Waals surface area contributed by atoms with Crippen molar-refractivity contribution in [2.24, 2.45) is 5.41 Å². The van der Waals surface area contributed by atoms with Gasteiger partial charge in [-0.05, 0) is 31.3 Å². The summed E-state index contributed by atoms with van der Waals surface area (Å²) in [5.41, 5.74) is 2.19. The second kappa shape index (κ2) is 3.18. The molecular weight excluding hydrogens is 252 g/mol. The fourth-order valence-electron chi connectivity index (χ4n) is 2.87. The van der Waals surface area contributed by atoms with Gasteiger partial charge < -0.3 is 0 Å². The second-order valence-electron chi connectivity index (χ2n) is 4.73. The van der Waals surface area contributed by atoms with Crippen molar-refractivity contribution in [3.05, 3.63) is 35.5 Å². The SMILES string of the molecule is O=C1C2=CC(Br)CC=C2CC12CC=CC2. The molecule has 3 aliphatic carbocycles. The van der Waals surface area contributed by atoms with Crippen LogP contribution in [-0.2, 0) is 4.79 Å². The van der Waals surface area contributed by atoms with E-state index in [4.69, 9.17) is 0 Å². The highest BCUT2D eigenvalue weighted by atomic mass is 79.9. The van der Waals surface area contributed by atoms with Crippen LogP contribution in [-0.4, -0.2) is 10.6 Å². The molecule has 2 heteroatoms. The number of rotatable bonds is 0. The average molecular weight is 265 g/mol. The van der Waals surface area contributed by atoms with Crippen molar-refractivity contribution in [1.29, 1.82) is 0 Å². The van der Waals surface area contributed by atoms with Crippen molar-refractivity contribution in [3.8, 4) is 0 Å². The summed E-state index contributed by atoms with van der Waals surface area (Å²) < 4.78 is 0. The highest BCUT2D eigenvalue weighted by Gasteiger charge is 2.47. The Balaban J connectivity index is 2.01. The van der Waals surface area contributed by atoms with Crippen LogP contribution in [0.4, 0.5) is 0 Å². The molecule has 1 spiro atoms. The van der Waals surface area contributed by atoms with E-state index in [0.29, 0.717) is 10.6 Å². The van der Waals surface area contributed by atoms with Crippen LogP contribution >= 0.6 is 15.9 Å². The van der Waals surface area contributed by atoms with Crippen LogP contribution < -0.4 is 0 Å². The van der Waals surface area contributed by atoms with E-state index in [0.717, 1.165) is 31.3 Å². The molecule has 0 radical (unpaired) electrons. The smallest absolute Gasteiger partial charge is 0.169 e. The number of allylic oxidation sites excluding steroid dienone is 6. The summed E-state index contributed by atoms with van der Waals surface area (Å²) >= 11 is 3.56. The van der Waals surface area contributed by atoms with Crippen LogP contribution in [0.15, 0.2) is 35.5 Å². The van der Waals surface area contributed by atoms with Gasteiger partial charge in [-0.25, -0.2) is 0 Å². The Labute approximate surface area is 98.1 Å². The second-order valence-corrected chi connectivity index (χ2v) is 5.90. The van der Waals surface area contributed by atoms with E-state index >= 15 is 0 Å². The van der Waals surface area contributed by atoms with Crippen molar-refractivity contribution in [2.45, 2.75) is 30.5 Å². The Hall–Kier alpha value is -0.630. The van der Waals surface area contributed by atoms with E-state index in [1.165, 1.54) is 5.57 Å². The first-order valence-electron chi connectivity index (χ1n) is 5.46. The van der Waals surface area contributed by atoms with Crippen LogP contribution in [0, 0.1) is 5.41 Å². The van der Waals surface area contributed by atoms with E-state index in [9.17, 15) is 4.79 Å². The lowest BCUT2D eigenvalue weighted by Gasteiger charge is -2.18. The molecule has 1 unspecified atom stereocenters. The van der Waals surface area contributed by atoms with E-state index < -0.39 is 0 Å². The van der Waals surface area contributed by atoms with Crippen LogP contribution in [0.5, 0.6) is 0 Å². The number of ketones is 1. The zero-order valence-electron chi connectivity index (χ0n) is 8.50. The van der Waals surface area contributed by atoms with Gasteiger partial charge in [-0.15, -0.1) is 0 Å². The molecule has 1 fully saturated rings. The Bertz CT molecular complexity index is 406. The van der Waals surface area contributed by atoms with E-state index in [1.807, 2.05) is 0 Å². The summed E-state index contributed by atoms with van der Waals surface area (Å²) in [6.07, 6.45) is 12.5. The molecular formula is C13H13BrO. The summed E-state index contributed by atoms with van der Waals surface area (Å²) in [5, 5.41) is 0. The molecule has 0 aromatic heterocycles. The van der Waals surface area contributed by atoms with Gasteiger partial charge in [0.15, 0.2) is 5.78 Å². The van der Waals surface area contributed by atoms with Crippen molar-refractivity contribution < 1.29 is 4.79 Å². The molecule has 0 heterocycles. The van der Waals surface area contributed by atoms with Gasteiger partial charge in [-0.3, -0.25) is 4.79 Å². The largest absolute Gasteiger partial charge is 0.294 e. The summed E-state index contributed by atoms with van der Waals surface area (Å²) in [4.78, 5) is 12.7. The quantitative estimate of drug-likeness (QED) is 0.485. The molecule has 0 amide bonds. The number of carbonyl (C=O) groups is 1. The number of hydrogen-bond acceptors (Lipinski definition) is 1. The first-order valence-corrected chi connectivity index (χ1v) is 6.38. The summed E-state index contributed by atoms with van der Waals surface area (Å²) in [7, 11) is 0. The third kappa shape index (κ3) is 1.31. The molecule has 15 heavy (non-hydrogen) atoms. The molecule has 0 aromatic carbocycles. The number of halogens is 1. The maximum atomic E-state index is 12.3. The molecule has 0 saturated heterocycles.